The van der Waals surface area contributed by atoms with Gasteiger partial charge in [-0.1, -0.05) is 0 Å². The van der Waals surface area contributed by atoms with Crippen molar-refractivity contribution < 1.29 is 13.2 Å². The van der Waals surface area contributed by atoms with Crippen molar-refractivity contribution >= 4 is 27.5 Å². The summed E-state index contributed by atoms with van der Waals surface area (Å²) in [6.07, 6.45) is 1.42. The molecule has 3 N–H and O–H groups in total. The van der Waals surface area contributed by atoms with Gasteiger partial charge >= 0.3 is 0 Å². The fraction of sp³-hybridized carbons (Fsp3) is 0.900. The molecule has 17 heavy (non-hydrogen) atoms. The molecule has 0 bridgehead atoms. The number of nitrogens with two attached hydrogens (primary N) is 1. The van der Waals surface area contributed by atoms with E-state index in [1.165, 1.54) is 11.8 Å². The molecule has 1 amide bonds. The van der Waals surface area contributed by atoms with Gasteiger partial charge in [-0.15, -0.1) is 0 Å². The first kappa shape index (κ1) is 14.8. The van der Waals surface area contributed by atoms with Crippen LogP contribution < -0.4 is 11.1 Å². The van der Waals surface area contributed by atoms with E-state index >= 15 is 0 Å². The number of nitrogens with one attached hydrogen (secondary N) is 1. The molecule has 0 spiro atoms. The van der Waals surface area contributed by atoms with Crippen molar-refractivity contribution in [3.63, 3.8) is 0 Å². The standard InChI is InChI=1S/C10H20N2O3S2/c1-8(11)2-4-16-6-10(13)12-9-3-5-17(14,15)7-9/h8-9H,2-7,11H2,1H3,(H,12,13). The molecule has 5 nitrogen and oxygen atoms in total. The second-order valence-corrected chi connectivity index (χ2v) is 7.82. The summed E-state index contributed by atoms with van der Waals surface area (Å²) in [6, 6.07) is -0.0351. The van der Waals surface area contributed by atoms with Crippen LogP contribution in [-0.4, -0.2) is 49.4 Å². The van der Waals surface area contributed by atoms with E-state index in [1.807, 2.05) is 6.92 Å². The van der Waals surface area contributed by atoms with Gasteiger partial charge in [0.2, 0.25) is 5.91 Å². The van der Waals surface area contributed by atoms with Crippen LogP contribution >= 0.6 is 11.8 Å². The quantitative estimate of drug-likeness (QED) is 0.656. The zero-order valence-corrected chi connectivity index (χ0v) is 11.6. The third kappa shape index (κ3) is 6.28. The molecule has 7 heteroatoms. The lowest BCUT2D eigenvalue weighted by Gasteiger charge is -2.10. The van der Waals surface area contributed by atoms with Gasteiger partial charge in [-0.3, -0.25) is 4.79 Å². The maximum atomic E-state index is 11.5. The van der Waals surface area contributed by atoms with Crippen LogP contribution in [0.25, 0.3) is 0 Å². The maximum Gasteiger partial charge on any atom is 0.230 e. The van der Waals surface area contributed by atoms with Gasteiger partial charge in [0.1, 0.15) is 0 Å². The van der Waals surface area contributed by atoms with E-state index in [2.05, 4.69) is 5.32 Å². The van der Waals surface area contributed by atoms with Gasteiger partial charge in [0.15, 0.2) is 9.84 Å². The van der Waals surface area contributed by atoms with Crippen LogP contribution in [0.4, 0.5) is 0 Å². The summed E-state index contributed by atoms with van der Waals surface area (Å²) in [5.74, 6) is 1.43. The number of thioether (sulfide) groups is 1. The first-order chi connectivity index (χ1) is 7.89. The highest BCUT2D eigenvalue weighted by Gasteiger charge is 2.28. The molecule has 0 aromatic rings. The van der Waals surface area contributed by atoms with E-state index in [0.29, 0.717) is 12.2 Å². The molecule has 1 fully saturated rings. The Morgan fingerprint density at radius 1 is 1.59 bits per heavy atom. The minimum Gasteiger partial charge on any atom is -0.352 e. The van der Waals surface area contributed by atoms with E-state index in [-0.39, 0.29) is 29.5 Å². The van der Waals surface area contributed by atoms with E-state index in [0.717, 1.165) is 12.2 Å². The Morgan fingerprint density at radius 2 is 2.29 bits per heavy atom. The lowest BCUT2D eigenvalue weighted by Crippen LogP contribution is -2.36. The van der Waals surface area contributed by atoms with Gasteiger partial charge in [-0.2, -0.15) is 11.8 Å². The van der Waals surface area contributed by atoms with E-state index in [9.17, 15) is 13.2 Å². The summed E-state index contributed by atoms with van der Waals surface area (Å²) in [6.45, 7) is 1.93. The molecule has 1 heterocycles. The van der Waals surface area contributed by atoms with Gasteiger partial charge in [-0.25, -0.2) is 8.42 Å². The molecule has 1 rings (SSSR count). The van der Waals surface area contributed by atoms with Crippen molar-refractivity contribution in [3.05, 3.63) is 0 Å². The van der Waals surface area contributed by atoms with Crippen molar-refractivity contribution in [3.8, 4) is 0 Å². The first-order valence-electron chi connectivity index (χ1n) is 5.72. The average molecular weight is 280 g/mol. The van der Waals surface area contributed by atoms with Gasteiger partial charge in [0.25, 0.3) is 0 Å². The number of carbonyl (C=O) groups excluding carboxylic acids is 1. The Labute approximate surface area is 107 Å². The molecule has 0 aromatic heterocycles. The van der Waals surface area contributed by atoms with E-state index in [4.69, 9.17) is 5.73 Å². The van der Waals surface area contributed by atoms with E-state index < -0.39 is 9.84 Å². The zero-order chi connectivity index (χ0) is 12.9. The highest BCUT2D eigenvalue weighted by atomic mass is 32.2. The Bertz CT molecular complexity index is 355. The molecule has 1 saturated heterocycles. The second kappa shape index (κ2) is 6.61. The Balaban J connectivity index is 2.14. The Kier molecular flexibility index (Phi) is 5.75. The van der Waals surface area contributed by atoms with E-state index in [1.54, 1.807) is 0 Å². The smallest absolute Gasteiger partial charge is 0.230 e. The zero-order valence-electron chi connectivity index (χ0n) is 10.0. The Morgan fingerprint density at radius 3 is 2.82 bits per heavy atom. The number of amides is 1. The third-order valence-electron chi connectivity index (χ3n) is 2.55. The van der Waals surface area contributed by atoms with Gasteiger partial charge in [-0.05, 0) is 25.5 Å². The molecule has 0 saturated carbocycles. The third-order valence-corrected chi connectivity index (χ3v) is 5.31. The first-order valence-corrected chi connectivity index (χ1v) is 8.70. The molecular weight excluding hydrogens is 260 g/mol. The molecule has 0 aliphatic carbocycles. The fourth-order valence-corrected chi connectivity index (χ4v) is 4.24. The van der Waals surface area contributed by atoms with Gasteiger partial charge < -0.3 is 11.1 Å². The van der Waals surface area contributed by atoms with Crippen molar-refractivity contribution in [2.45, 2.75) is 31.8 Å². The van der Waals surface area contributed by atoms with Crippen LogP contribution in [0.5, 0.6) is 0 Å². The summed E-state index contributed by atoms with van der Waals surface area (Å²) in [5, 5.41) is 2.75. The maximum absolute atomic E-state index is 11.5. The topological polar surface area (TPSA) is 89.3 Å². The number of sulfone groups is 1. The number of hydrogen-bond acceptors (Lipinski definition) is 5. The SMILES string of the molecule is CC(N)CCSCC(=O)NC1CCS(=O)(=O)C1. The highest BCUT2D eigenvalue weighted by Crippen LogP contribution is 2.11. The molecule has 1 aliphatic heterocycles. The molecule has 0 radical (unpaired) electrons. The second-order valence-electron chi connectivity index (χ2n) is 4.49. The normalized spacial score (nSPS) is 24.5. The fourth-order valence-electron chi connectivity index (χ4n) is 1.61. The predicted molar refractivity (Wildman–Crippen MR) is 70.8 cm³/mol. The van der Waals surface area contributed by atoms with Crippen molar-refractivity contribution in [2.75, 3.05) is 23.0 Å². The lowest BCUT2D eigenvalue weighted by atomic mass is 10.3. The van der Waals surface area contributed by atoms with Crippen LogP contribution in [0.3, 0.4) is 0 Å². The minimum absolute atomic E-state index is 0.0817. The summed E-state index contributed by atoms with van der Waals surface area (Å²) < 4.78 is 22.4. The van der Waals surface area contributed by atoms with Crippen molar-refractivity contribution in [1.29, 1.82) is 0 Å². The molecule has 2 unspecified atom stereocenters. The predicted octanol–water partition coefficient (Wildman–Crippen LogP) is -0.240. The highest BCUT2D eigenvalue weighted by molar-refractivity contribution is 7.99. The molecule has 100 valence electrons. The average Bonchev–Trinajstić information content (AvgIpc) is 2.52. The summed E-state index contributed by atoms with van der Waals surface area (Å²) >= 11 is 1.53. The monoisotopic (exact) mass is 280 g/mol. The van der Waals surface area contributed by atoms with Crippen LogP contribution in [0.1, 0.15) is 19.8 Å². The van der Waals surface area contributed by atoms with Crippen LogP contribution in [0.15, 0.2) is 0 Å². The van der Waals surface area contributed by atoms with Crippen LogP contribution in [-0.2, 0) is 14.6 Å². The lowest BCUT2D eigenvalue weighted by molar-refractivity contribution is -0.119. The van der Waals surface area contributed by atoms with Crippen molar-refractivity contribution in [2.24, 2.45) is 5.73 Å². The summed E-state index contributed by atoms with van der Waals surface area (Å²) in [7, 11) is -2.92. The molecule has 1 aliphatic rings. The van der Waals surface area contributed by atoms with Gasteiger partial charge in [0, 0.05) is 12.1 Å². The number of rotatable bonds is 6. The summed E-state index contributed by atoms with van der Waals surface area (Å²) in [5.41, 5.74) is 5.59. The van der Waals surface area contributed by atoms with Gasteiger partial charge in [0.05, 0.1) is 17.3 Å². The van der Waals surface area contributed by atoms with Crippen molar-refractivity contribution in [1.82, 2.24) is 5.32 Å². The molecule has 0 aromatic carbocycles. The molecular formula is C10H20N2O3S2. The van der Waals surface area contributed by atoms with Crippen LogP contribution in [0.2, 0.25) is 0 Å². The molecule has 2 atom stereocenters. The van der Waals surface area contributed by atoms with Crippen LogP contribution in [0, 0.1) is 0 Å². The number of hydrogen-bond donors (Lipinski definition) is 2. The number of carbonyl (C=O) groups is 1. The summed E-state index contributed by atoms with van der Waals surface area (Å²) in [4.78, 5) is 11.5. The minimum atomic E-state index is -2.92. The Hall–Kier alpha value is -0.270. The largest absolute Gasteiger partial charge is 0.352 e.